The smallest absolute Gasteiger partial charge is 0.326 e. The lowest BCUT2D eigenvalue weighted by Crippen LogP contribution is -2.61. The van der Waals surface area contributed by atoms with Crippen molar-refractivity contribution in [2.75, 3.05) is 45.9 Å². The lowest BCUT2D eigenvalue weighted by Gasteiger charge is -2.36. The van der Waals surface area contributed by atoms with Crippen molar-refractivity contribution in [3.63, 3.8) is 0 Å². The summed E-state index contributed by atoms with van der Waals surface area (Å²) in [7, 11) is 0. The summed E-state index contributed by atoms with van der Waals surface area (Å²) in [4.78, 5) is 156. The zero-order valence-electron chi connectivity index (χ0n) is 51.3. The van der Waals surface area contributed by atoms with Gasteiger partial charge in [0.1, 0.15) is 48.3 Å². The molecule has 0 radical (unpaired) electrons. The number of aliphatic imine (C=N–C) groups is 3. The van der Waals surface area contributed by atoms with E-state index in [9.17, 15) is 53.4 Å². The third-order valence-corrected chi connectivity index (χ3v) is 16.8. The Morgan fingerprint density at radius 1 is 0.527 bits per heavy atom. The highest BCUT2D eigenvalue weighted by Crippen LogP contribution is 2.40. The summed E-state index contributed by atoms with van der Waals surface area (Å²) in [5.41, 5.74) is 40.1. The van der Waals surface area contributed by atoms with Crippen molar-refractivity contribution in [3.05, 3.63) is 71.8 Å². The molecule has 1 saturated carbocycles. The SMILES string of the molecule is NC(N)=NCCC[C@@H](N)C(=O)N[C@@H](CCCN=C(N)N)C(=O)N1CCC[C@H]1C(=O)N1CCC[C@H]1C(=O)NCC(=O)N[C@@H](Cc1ccccc1)C(=O)N[C@@H](CO)C(=O)N[C@H](Cc1ccccc1)C(=O)N1C2CCCCC2C[C@H]1C(=O)N[C@@H](CCCN=C(N)N)C(=O)O. The van der Waals surface area contributed by atoms with Crippen LogP contribution in [-0.2, 0) is 60.8 Å². The molecule has 31 nitrogen and oxygen atoms in total. The minimum Gasteiger partial charge on any atom is -0.480 e. The Hall–Kier alpha value is -9.13. The van der Waals surface area contributed by atoms with E-state index in [0.717, 1.165) is 12.8 Å². The van der Waals surface area contributed by atoms with Gasteiger partial charge in [0.15, 0.2) is 17.9 Å². The molecule has 3 aliphatic heterocycles. The van der Waals surface area contributed by atoms with Crippen molar-refractivity contribution in [1.29, 1.82) is 0 Å². The lowest BCUT2D eigenvalue weighted by molar-refractivity contribution is -0.148. The van der Waals surface area contributed by atoms with Gasteiger partial charge in [0, 0.05) is 51.6 Å². The zero-order valence-corrected chi connectivity index (χ0v) is 51.3. The highest BCUT2D eigenvalue weighted by molar-refractivity contribution is 5.99. The fourth-order valence-electron chi connectivity index (χ4n) is 12.3. The van der Waals surface area contributed by atoms with E-state index in [-0.39, 0.29) is 114 Å². The van der Waals surface area contributed by atoms with Crippen LogP contribution in [0.25, 0.3) is 0 Å². The van der Waals surface area contributed by atoms with Gasteiger partial charge in [-0.2, -0.15) is 0 Å². The van der Waals surface area contributed by atoms with Crippen molar-refractivity contribution in [3.8, 4) is 0 Å². The van der Waals surface area contributed by atoms with E-state index in [4.69, 9.17) is 40.1 Å². The van der Waals surface area contributed by atoms with Crippen molar-refractivity contribution >= 4 is 77.0 Å². The largest absolute Gasteiger partial charge is 0.480 e. The van der Waals surface area contributed by atoms with Gasteiger partial charge in [-0.15, -0.1) is 0 Å². The lowest BCUT2D eigenvalue weighted by atomic mass is 9.84. The van der Waals surface area contributed by atoms with E-state index in [2.05, 4.69) is 46.9 Å². The van der Waals surface area contributed by atoms with Crippen LogP contribution in [0.2, 0.25) is 0 Å². The number of rotatable bonds is 33. The summed E-state index contributed by atoms with van der Waals surface area (Å²) >= 11 is 0. The van der Waals surface area contributed by atoms with E-state index >= 15 is 4.79 Å². The van der Waals surface area contributed by atoms with Crippen LogP contribution >= 0.6 is 0 Å². The van der Waals surface area contributed by atoms with Crippen LogP contribution in [0.3, 0.4) is 0 Å². The summed E-state index contributed by atoms with van der Waals surface area (Å²) in [6.45, 7) is -0.722. The first-order chi connectivity index (χ1) is 43.6. The molecule has 11 atom stereocenters. The van der Waals surface area contributed by atoms with Gasteiger partial charge in [-0.25, -0.2) is 4.79 Å². The molecule has 498 valence electrons. The maximum Gasteiger partial charge on any atom is 0.326 e. The number of carboxylic acids is 1. The predicted octanol–water partition coefficient (Wildman–Crippen LogP) is -4.28. The van der Waals surface area contributed by atoms with Crippen LogP contribution in [0, 0.1) is 5.92 Å². The number of aliphatic carboxylic acids is 1. The molecule has 31 heteroatoms. The number of hydrogen-bond donors (Lipinski definition) is 15. The summed E-state index contributed by atoms with van der Waals surface area (Å²) in [5, 5.41) is 36.6. The van der Waals surface area contributed by atoms with Crippen LogP contribution < -0.4 is 72.0 Å². The van der Waals surface area contributed by atoms with E-state index < -0.39 is 133 Å². The third-order valence-electron chi connectivity index (χ3n) is 16.8. The van der Waals surface area contributed by atoms with Crippen molar-refractivity contribution < 1.29 is 58.2 Å². The fraction of sp³-hybridized carbons (Fsp3) is 0.583. The molecule has 6 rings (SSSR count). The number of likely N-dealkylation sites (tertiary alicyclic amines) is 3. The molecule has 2 aromatic rings. The quantitative estimate of drug-likeness (QED) is 0.0183. The average Bonchev–Trinajstić information content (AvgIpc) is 1.73. The Morgan fingerprint density at radius 2 is 1.04 bits per heavy atom. The second kappa shape index (κ2) is 35.3. The molecule has 0 bridgehead atoms. The Bertz CT molecular complexity index is 2930. The molecular weight excluding hydrogens is 1180 g/mol. The summed E-state index contributed by atoms with van der Waals surface area (Å²) in [5.74, 6) is -8.09. The number of amides is 9. The topological polar surface area (TPSA) is 512 Å². The second-order valence-corrected chi connectivity index (χ2v) is 23.4. The van der Waals surface area contributed by atoms with Crippen LogP contribution in [0.15, 0.2) is 75.6 Å². The molecule has 4 fully saturated rings. The van der Waals surface area contributed by atoms with Gasteiger partial charge in [-0.05, 0) is 101 Å². The second-order valence-electron chi connectivity index (χ2n) is 23.4. The van der Waals surface area contributed by atoms with E-state index in [1.165, 1.54) is 14.7 Å². The average molecular weight is 1270 g/mol. The number of nitrogens with one attached hydrogen (secondary N) is 6. The number of guanidine groups is 3. The van der Waals surface area contributed by atoms with Crippen LogP contribution in [0.5, 0.6) is 0 Å². The Balaban J connectivity index is 1.12. The summed E-state index contributed by atoms with van der Waals surface area (Å²) < 4.78 is 0. The number of aliphatic hydroxyl groups excluding tert-OH is 1. The number of carbonyl (C=O) groups excluding carboxylic acids is 9. The number of fused-ring (bicyclic) bond motifs is 1. The standard InChI is InChI=1S/C60H91N19O12/c61-38(19-9-25-68-58(62)63)49(82)73-39(20-10-26-69-59(64)65)54(87)78-29-13-24-46(78)56(89)77-28-12-23-45(77)52(85)71-33-48(81)72-41(30-35-14-3-1-4-15-35)50(83)76-43(34-80)51(84)75-42(31-36-16-5-2-6-17-36)55(88)79-44-22-8-7-18-37(44)32-47(79)53(86)74-40(57(90)91)21-11-27-70-60(66)67/h1-6,14-17,37-47,80H,7-13,18-34,61H2,(H,71,85)(H,72,81)(H,73,82)(H,74,86)(H,75,84)(H,76,83)(H,90,91)(H4,62,63,68)(H4,64,65,69)(H4,66,67,70)/t37?,38-,39+,40+,41+,42-,43+,44?,45+,46+,47+/m1/s1. The fourth-order valence-corrected chi connectivity index (χ4v) is 12.3. The molecule has 9 amide bonds. The molecule has 0 aromatic heterocycles. The van der Waals surface area contributed by atoms with E-state index in [1.807, 2.05) is 0 Å². The monoisotopic (exact) mass is 1270 g/mol. The van der Waals surface area contributed by atoms with Gasteiger partial charge < -0.3 is 96.9 Å². The number of carboxylic acid groups (broad SMARTS) is 1. The first-order valence-electron chi connectivity index (χ1n) is 31.1. The van der Waals surface area contributed by atoms with Crippen molar-refractivity contribution in [1.82, 2.24) is 46.6 Å². The molecule has 22 N–H and O–H groups in total. The Morgan fingerprint density at radius 3 is 1.63 bits per heavy atom. The number of carbonyl (C=O) groups is 10. The third kappa shape index (κ3) is 21.2. The number of aliphatic hydroxyl groups is 1. The highest BCUT2D eigenvalue weighted by atomic mass is 16.4. The maximum atomic E-state index is 15.1. The molecule has 1 aliphatic carbocycles. The van der Waals surface area contributed by atoms with Gasteiger partial charge >= 0.3 is 5.97 Å². The number of hydrogen-bond acceptors (Lipinski definition) is 15. The highest BCUT2D eigenvalue weighted by Gasteiger charge is 2.50. The van der Waals surface area contributed by atoms with Gasteiger partial charge in [0.25, 0.3) is 0 Å². The van der Waals surface area contributed by atoms with E-state index in [1.54, 1.807) is 60.7 Å². The predicted molar refractivity (Wildman–Crippen MR) is 336 cm³/mol. The molecule has 3 heterocycles. The molecular formula is C60H91N19O12. The minimum atomic E-state index is -1.68. The normalized spacial score (nSPS) is 20.4. The summed E-state index contributed by atoms with van der Waals surface area (Å²) in [6, 6.07) is 5.97. The van der Waals surface area contributed by atoms with Crippen LogP contribution in [0.1, 0.15) is 107 Å². The minimum absolute atomic E-state index is 0.00274. The van der Waals surface area contributed by atoms with Gasteiger partial charge in [-0.1, -0.05) is 73.5 Å². The number of benzene rings is 2. The van der Waals surface area contributed by atoms with Crippen LogP contribution in [0.4, 0.5) is 0 Å². The van der Waals surface area contributed by atoms with Crippen LogP contribution in [-0.4, -0.2) is 208 Å². The number of nitrogens with two attached hydrogens (primary N) is 7. The van der Waals surface area contributed by atoms with E-state index in [0.29, 0.717) is 49.7 Å². The van der Waals surface area contributed by atoms with Crippen molar-refractivity contribution in [2.24, 2.45) is 61.0 Å². The summed E-state index contributed by atoms with van der Waals surface area (Å²) in [6.07, 6.45) is 5.58. The zero-order chi connectivity index (χ0) is 66.1. The molecule has 4 aliphatic rings. The maximum absolute atomic E-state index is 15.1. The van der Waals surface area contributed by atoms with Crippen molar-refractivity contribution in [2.45, 2.75) is 170 Å². The Kier molecular flexibility index (Phi) is 27.5. The Labute approximate surface area is 528 Å². The van der Waals surface area contributed by atoms with Gasteiger partial charge in [0.05, 0.1) is 19.2 Å². The molecule has 2 aromatic carbocycles. The molecule has 3 saturated heterocycles. The van der Waals surface area contributed by atoms with Gasteiger partial charge in [-0.3, -0.25) is 58.1 Å². The number of nitrogens with zero attached hydrogens (tertiary/aromatic N) is 6. The van der Waals surface area contributed by atoms with Gasteiger partial charge in [0.2, 0.25) is 53.2 Å². The first-order valence-corrected chi connectivity index (χ1v) is 31.1. The first kappa shape index (κ1) is 71.0. The molecule has 0 spiro atoms. The molecule has 2 unspecified atom stereocenters. The molecule has 91 heavy (non-hydrogen) atoms.